The van der Waals surface area contributed by atoms with Gasteiger partial charge in [0.1, 0.15) is 0 Å². The normalized spacial score (nSPS) is 44.6. The molecule has 4 nitrogen and oxygen atoms in total. The Bertz CT molecular complexity index is 260. The van der Waals surface area contributed by atoms with Gasteiger partial charge in [-0.25, -0.2) is 0 Å². The molecule has 1 spiro atoms. The van der Waals surface area contributed by atoms with Crippen molar-refractivity contribution >= 4 is 5.78 Å². The molecule has 1 saturated heterocycles. The molecule has 2 rings (SSSR count). The fraction of sp³-hybridized carbons (Fsp3) is 0.667. The third kappa shape index (κ3) is 1.22. The van der Waals surface area contributed by atoms with Crippen LogP contribution in [0.5, 0.6) is 0 Å². The van der Waals surface area contributed by atoms with E-state index in [4.69, 9.17) is 9.47 Å². The van der Waals surface area contributed by atoms with Gasteiger partial charge in [0.25, 0.3) is 0 Å². The third-order valence-corrected chi connectivity index (χ3v) is 2.57. The van der Waals surface area contributed by atoms with Crippen LogP contribution in [0.15, 0.2) is 12.2 Å². The first-order chi connectivity index (χ1) is 6.15. The highest BCUT2D eigenvalue weighted by molar-refractivity contribution is 5.97. The lowest BCUT2D eigenvalue weighted by Gasteiger charge is -2.33. The smallest absolute Gasteiger partial charge is 0.238 e. The Morgan fingerprint density at radius 2 is 2.46 bits per heavy atom. The maximum absolute atomic E-state index is 11.5. The molecule has 4 heteroatoms. The van der Waals surface area contributed by atoms with E-state index in [1.165, 1.54) is 12.2 Å². The number of aliphatic hydroxyl groups is 1. The van der Waals surface area contributed by atoms with Crippen LogP contribution in [-0.4, -0.2) is 29.6 Å². The first kappa shape index (κ1) is 8.87. The van der Waals surface area contributed by atoms with Crippen LogP contribution >= 0.6 is 0 Å². The van der Waals surface area contributed by atoms with E-state index in [0.717, 1.165) is 6.42 Å². The molecule has 0 aromatic rings. The summed E-state index contributed by atoms with van der Waals surface area (Å²) in [6.45, 7) is 2.39. The van der Waals surface area contributed by atoms with Crippen LogP contribution in [0.2, 0.25) is 0 Å². The zero-order valence-electron chi connectivity index (χ0n) is 7.40. The van der Waals surface area contributed by atoms with Crippen LogP contribution in [0.4, 0.5) is 0 Å². The summed E-state index contributed by atoms with van der Waals surface area (Å²) in [6.07, 6.45) is 2.41. The summed E-state index contributed by atoms with van der Waals surface area (Å²) in [5, 5.41) is 9.23. The molecule has 2 heterocycles. The lowest BCUT2D eigenvalue weighted by molar-refractivity contribution is -0.268. The largest absolute Gasteiger partial charge is 0.365 e. The van der Waals surface area contributed by atoms with Gasteiger partial charge in [0, 0.05) is 5.92 Å². The van der Waals surface area contributed by atoms with Crippen molar-refractivity contribution in [1.29, 1.82) is 0 Å². The average Bonchev–Trinajstić information content (AvgIpc) is 2.43. The van der Waals surface area contributed by atoms with E-state index in [9.17, 15) is 9.90 Å². The Balaban J connectivity index is 2.31. The molecular weight excluding hydrogens is 172 g/mol. The molecule has 0 radical (unpaired) electrons. The van der Waals surface area contributed by atoms with Crippen LogP contribution in [0.25, 0.3) is 0 Å². The Labute approximate surface area is 76.1 Å². The molecule has 1 N–H and O–H groups in total. The van der Waals surface area contributed by atoms with Crippen LogP contribution in [0.3, 0.4) is 0 Å². The Morgan fingerprint density at radius 1 is 1.69 bits per heavy atom. The van der Waals surface area contributed by atoms with E-state index >= 15 is 0 Å². The second-order valence-corrected chi connectivity index (χ2v) is 3.44. The number of rotatable bonds is 0. The third-order valence-electron chi connectivity index (χ3n) is 2.57. The molecule has 0 aromatic heterocycles. The van der Waals surface area contributed by atoms with Crippen molar-refractivity contribution in [2.24, 2.45) is 5.92 Å². The number of carbonyl (C=O) groups excluding carboxylic acids is 1. The lowest BCUT2D eigenvalue weighted by Crippen LogP contribution is -2.49. The maximum atomic E-state index is 11.5. The molecule has 72 valence electrons. The van der Waals surface area contributed by atoms with E-state index in [1.807, 2.05) is 6.92 Å². The number of ketones is 1. The van der Waals surface area contributed by atoms with Crippen molar-refractivity contribution < 1.29 is 19.4 Å². The van der Waals surface area contributed by atoms with E-state index in [2.05, 4.69) is 0 Å². The van der Waals surface area contributed by atoms with Crippen molar-refractivity contribution in [2.75, 3.05) is 6.61 Å². The van der Waals surface area contributed by atoms with Crippen molar-refractivity contribution in [3.8, 4) is 0 Å². The van der Waals surface area contributed by atoms with Crippen molar-refractivity contribution in [2.45, 2.75) is 25.4 Å². The molecule has 2 aliphatic heterocycles. The Hall–Kier alpha value is -0.710. The van der Waals surface area contributed by atoms with Gasteiger partial charge in [-0.15, -0.1) is 0 Å². The van der Waals surface area contributed by atoms with Gasteiger partial charge in [-0.05, 0) is 18.6 Å². The van der Waals surface area contributed by atoms with Crippen LogP contribution in [-0.2, 0) is 14.3 Å². The van der Waals surface area contributed by atoms with E-state index < -0.39 is 12.1 Å². The summed E-state index contributed by atoms with van der Waals surface area (Å²) >= 11 is 0. The Kier molecular flexibility index (Phi) is 1.98. The topological polar surface area (TPSA) is 55.8 Å². The number of ether oxygens (including phenoxy) is 2. The molecule has 3 atom stereocenters. The van der Waals surface area contributed by atoms with Gasteiger partial charge in [-0.3, -0.25) is 4.79 Å². The highest BCUT2D eigenvalue weighted by atomic mass is 16.8. The number of hydrogen-bond donors (Lipinski definition) is 1. The zero-order valence-corrected chi connectivity index (χ0v) is 7.40. The second-order valence-electron chi connectivity index (χ2n) is 3.44. The van der Waals surface area contributed by atoms with Gasteiger partial charge >= 0.3 is 0 Å². The van der Waals surface area contributed by atoms with Gasteiger partial charge in [-0.2, -0.15) is 0 Å². The minimum Gasteiger partial charge on any atom is -0.365 e. The van der Waals surface area contributed by atoms with Crippen LogP contribution in [0.1, 0.15) is 13.3 Å². The fourth-order valence-corrected chi connectivity index (χ4v) is 1.75. The molecule has 0 bridgehead atoms. The minimum atomic E-state index is -1.21. The van der Waals surface area contributed by atoms with Crippen molar-refractivity contribution in [3.05, 3.63) is 12.2 Å². The summed E-state index contributed by atoms with van der Waals surface area (Å²) in [5.41, 5.74) is 0. The maximum Gasteiger partial charge on any atom is 0.238 e. The predicted octanol–water partition coefficient (Wildman–Crippen LogP) is 0.213. The van der Waals surface area contributed by atoms with E-state index in [1.54, 1.807) is 0 Å². The molecule has 13 heavy (non-hydrogen) atoms. The summed E-state index contributed by atoms with van der Waals surface area (Å²) in [6, 6.07) is 0. The average molecular weight is 184 g/mol. The summed E-state index contributed by atoms with van der Waals surface area (Å²) in [7, 11) is 0. The minimum absolute atomic E-state index is 0.000370. The quantitative estimate of drug-likeness (QED) is 0.584. The van der Waals surface area contributed by atoms with Crippen molar-refractivity contribution in [3.63, 3.8) is 0 Å². The monoisotopic (exact) mass is 184 g/mol. The highest BCUT2D eigenvalue weighted by Crippen LogP contribution is 2.36. The van der Waals surface area contributed by atoms with Gasteiger partial charge in [0.15, 0.2) is 6.29 Å². The summed E-state index contributed by atoms with van der Waals surface area (Å²) in [5.74, 6) is -1.42. The van der Waals surface area contributed by atoms with E-state index in [-0.39, 0.29) is 11.7 Å². The zero-order chi connectivity index (χ0) is 9.47. The molecule has 0 aliphatic carbocycles. The first-order valence-electron chi connectivity index (χ1n) is 4.37. The molecule has 1 fully saturated rings. The second kappa shape index (κ2) is 2.90. The summed E-state index contributed by atoms with van der Waals surface area (Å²) in [4.78, 5) is 11.5. The van der Waals surface area contributed by atoms with Gasteiger partial charge in [0.05, 0.1) is 6.61 Å². The van der Waals surface area contributed by atoms with Crippen LogP contribution < -0.4 is 0 Å². The SMILES string of the molecule is CC1CCOC12OC(O)C=CC2=O. The highest BCUT2D eigenvalue weighted by Gasteiger charge is 2.51. The summed E-state index contributed by atoms with van der Waals surface area (Å²) < 4.78 is 10.4. The van der Waals surface area contributed by atoms with E-state index in [0.29, 0.717) is 6.61 Å². The van der Waals surface area contributed by atoms with Gasteiger partial charge < -0.3 is 14.6 Å². The molecular formula is C9H12O4. The standard InChI is InChI=1S/C9H12O4/c1-6-4-5-12-9(6)7(10)2-3-8(11)13-9/h2-3,6,8,11H,4-5H2,1H3. The predicted molar refractivity (Wildman–Crippen MR) is 43.7 cm³/mol. The molecule has 3 unspecified atom stereocenters. The first-order valence-corrected chi connectivity index (χ1v) is 4.37. The Morgan fingerprint density at radius 3 is 3.08 bits per heavy atom. The molecule has 2 aliphatic rings. The fourth-order valence-electron chi connectivity index (χ4n) is 1.75. The molecule has 0 amide bonds. The number of carbonyl (C=O) groups is 1. The van der Waals surface area contributed by atoms with Gasteiger partial charge in [-0.1, -0.05) is 6.92 Å². The number of hydrogen-bond acceptors (Lipinski definition) is 4. The lowest BCUT2D eigenvalue weighted by atomic mass is 9.94. The van der Waals surface area contributed by atoms with Crippen molar-refractivity contribution in [1.82, 2.24) is 0 Å². The number of aliphatic hydroxyl groups excluding tert-OH is 1. The van der Waals surface area contributed by atoms with Gasteiger partial charge in [0.2, 0.25) is 11.6 Å². The molecule has 0 aromatic carbocycles. The van der Waals surface area contributed by atoms with Crippen LogP contribution in [0, 0.1) is 5.92 Å². The molecule has 0 saturated carbocycles.